The highest BCUT2D eigenvalue weighted by atomic mass is 15.2. The summed E-state index contributed by atoms with van der Waals surface area (Å²) in [6.45, 7) is 10.0. The average molecular weight is 293 g/mol. The maximum atomic E-state index is 4.07. The van der Waals surface area contributed by atoms with Crippen LogP contribution in [0.2, 0.25) is 0 Å². The molecule has 1 aliphatic carbocycles. The van der Waals surface area contributed by atoms with Crippen molar-refractivity contribution >= 4 is 0 Å². The maximum Gasteiger partial charge on any atom is 0.0249 e. The quantitative estimate of drug-likeness (QED) is 0.835. The predicted molar refractivity (Wildman–Crippen MR) is 90.6 cm³/mol. The fraction of sp³-hybridized carbons (Fsp3) is 1.00. The Bertz CT molecular complexity index is 330. The molecule has 3 aliphatic rings. The molecule has 2 heteroatoms. The van der Waals surface area contributed by atoms with Crippen LogP contribution < -0.4 is 5.32 Å². The van der Waals surface area contributed by atoms with Gasteiger partial charge >= 0.3 is 0 Å². The molecule has 2 nitrogen and oxygen atoms in total. The summed E-state index contributed by atoms with van der Waals surface area (Å²) in [6.07, 6.45) is 12.8. The largest absolute Gasteiger partial charge is 0.310 e. The van der Waals surface area contributed by atoms with E-state index in [-0.39, 0.29) is 0 Å². The monoisotopic (exact) mass is 292 g/mol. The molecule has 0 aromatic heterocycles. The average Bonchev–Trinajstić information content (AvgIpc) is 2.91. The lowest BCUT2D eigenvalue weighted by Crippen LogP contribution is -2.49. The number of nitrogens with zero attached hydrogens (tertiary/aromatic N) is 1. The Morgan fingerprint density at radius 1 is 0.952 bits per heavy atom. The first-order valence-electron chi connectivity index (χ1n) is 9.60. The van der Waals surface area contributed by atoms with Crippen LogP contribution in [-0.2, 0) is 0 Å². The molecule has 122 valence electrons. The maximum absolute atomic E-state index is 4.07. The number of piperidine rings is 1. The molecule has 0 aromatic carbocycles. The molecule has 2 aliphatic heterocycles. The molecule has 2 saturated heterocycles. The SMILES string of the molecule is CCC(C)(C)C1CCC(NC2CCN3CCCCC23)CC1. The summed E-state index contributed by atoms with van der Waals surface area (Å²) in [7, 11) is 0. The van der Waals surface area contributed by atoms with E-state index in [0.29, 0.717) is 5.41 Å². The van der Waals surface area contributed by atoms with Crippen LogP contribution in [0.4, 0.5) is 0 Å². The Morgan fingerprint density at radius 3 is 2.43 bits per heavy atom. The van der Waals surface area contributed by atoms with Crippen LogP contribution in [0.25, 0.3) is 0 Å². The molecule has 0 bridgehead atoms. The van der Waals surface area contributed by atoms with E-state index in [0.717, 1.165) is 24.0 Å². The van der Waals surface area contributed by atoms with E-state index >= 15 is 0 Å². The Labute approximate surface area is 132 Å². The van der Waals surface area contributed by atoms with Gasteiger partial charge in [0.1, 0.15) is 0 Å². The molecule has 0 amide bonds. The first-order valence-corrected chi connectivity index (χ1v) is 9.60. The Kier molecular flexibility index (Phi) is 4.95. The van der Waals surface area contributed by atoms with Gasteiger partial charge in [0.05, 0.1) is 0 Å². The number of nitrogens with one attached hydrogen (secondary N) is 1. The molecule has 1 N–H and O–H groups in total. The van der Waals surface area contributed by atoms with Crippen LogP contribution >= 0.6 is 0 Å². The standard InChI is InChI=1S/C19H36N2/c1-4-19(2,3)15-8-10-16(11-9-15)20-17-12-14-21-13-6-5-7-18(17)21/h15-18,20H,4-14H2,1-3H3. The van der Waals surface area contributed by atoms with Crippen LogP contribution in [0.5, 0.6) is 0 Å². The Balaban J connectivity index is 1.47. The van der Waals surface area contributed by atoms with Crippen molar-refractivity contribution in [3.05, 3.63) is 0 Å². The summed E-state index contributed by atoms with van der Waals surface area (Å²) in [6, 6.07) is 2.47. The summed E-state index contributed by atoms with van der Waals surface area (Å²) < 4.78 is 0. The van der Waals surface area contributed by atoms with Crippen LogP contribution in [0.1, 0.15) is 78.6 Å². The lowest BCUT2D eigenvalue weighted by atomic mass is 9.69. The van der Waals surface area contributed by atoms with Gasteiger partial charge in [0.15, 0.2) is 0 Å². The third kappa shape index (κ3) is 3.47. The van der Waals surface area contributed by atoms with Crippen molar-refractivity contribution in [3.8, 4) is 0 Å². The van der Waals surface area contributed by atoms with Crippen LogP contribution in [0, 0.1) is 11.3 Å². The van der Waals surface area contributed by atoms with Crippen molar-refractivity contribution in [2.75, 3.05) is 13.1 Å². The smallest absolute Gasteiger partial charge is 0.0249 e. The number of hydrogen-bond acceptors (Lipinski definition) is 2. The van der Waals surface area contributed by atoms with E-state index in [4.69, 9.17) is 0 Å². The zero-order valence-electron chi connectivity index (χ0n) is 14.5. The molecule has 2 unspecified atom stereocenters. The minimum atomic E-state index is 0.554. The van der Waals surface area contributed by atoms with Gasteiger partial charge in [-0.3, -0.25) is 4.90 Å². The first kappa shape index (κ1) is 15.8. The van der Waals surface area contributed by atoms with Crippen molar-refractivity contribution in [2.45, 2.75) is 96.7 Å². The van der Waals surface area contributed by atoms with Crippen molar-refractivity contribution in [1.82, 2.24) is 10.2 Å². The van der Waals surface area contributed by atoms with Crippen molar-refractivity contribution in [2.24, 2.45) is 11.3 Å². The van der Waals surface area contributed by atoms with E-state index < -0.39 is 0 Å². The van der Waals surface area contributed by atoms with Crippen molar-refractivity contribution in [1.29, 1.82) is 0 Å². The Morgan fingerprint density at radius 2 is 1.71 bits per heavy atom. The molecule has 3 rings (SSSR count). The molecular formula is C19H36N2. The minimum Gasteiger partial charge on any atom is -0.310 e. The molecule has 0 aromatic rings. The Hall–Kier alpha value is -0.0800. The first-order chi connectivity index (χ1) is 10.1. The summed E-state index contributed by atoms with van der Waals surface area (Å²) >= 11 is 0. The number of fused-ring (bicyclic) bond motifs is 1. The second-order valence-electron chi connectivity index (χ2n) is 8.55. The van der Waals surface area contributed by atoms with Gasteiger partial charge in [-0.05, 0) is 62.8 Å². The zero-order chi connectivity index (χ0) is 14.9. The molecule has 0 radical (unpaired) electrons. The van der Waals surface area contributed by atoms with Crippen LogP contribution in [-0.4, -0.2) is 36.1 Å². The van der Waals surface area contributed by atoms with E-state index in [9.17, 15) is 0 Å². The molecular weight excluding hydrogens is 256 g/mol. The molecule has 0 spiro atoms. The van der Waals surface area contributed by atoms with E-state index in [2.05, 4.69) is 31.0 Å². The molecule has 3 fully saturated rings. The van der Waals surface area contributed by atoms with E-state index in [1.165, 1.54) is 70.9 Å². The molecule has 2 heterocycles. The normalized spacial score (nSPS) is 38.4. The summed E-state index contributed by atoms with van der Waals surface area (Å²) in [5.41, 5.74) is 0.554. The van der Waals surface area contributed by atoms with Gasteiger partial charge in [0.2, 0.25) is 0 Å². The topological polar surface area (TPSA) is 15.3 Å². The minimum absolute atomic E-state index is 0.554. The lowest BCUT2D eigenvalue weighted by Gasteiger charge is -2.41. The summed E-state index contributed by atoms with van der Waals surface area (Å²) in [5, 5.41) is 4.07. The van der Waals surface area contributed by atoms with Gasteiger partial charge in [-0.15, -0.1) is 0 Å². The fourth-order valence-corrected chi connectivity index (χ4v) is 5.07. The molecule has 1 saturated carbocycles. The highest BCUT2D eigenvalue weighted by Crippen LogP contribution is 2.40. The third-order valence-corrected chi connectivity index (χ3v) is 7.05. The van der Waals surface area contributed by atoms with Gasteiger partial charge in [-0.25, -0.2) is 0 Å². The number of hydrogen-bond donors (Lipinski definition) is 1. The fourth-order valence-electron chi connectivity index (χ4n) is 5.07. The highest BCUT2D eigenvalue weighted by molar-refractivity contribution is 4.96. The van der Waals surface area contributed by atoms with Crippen LogP contribution in [0.15, 0.2) is 0 Å². The highest BCUT2D eigenvalue weighted by Gasteiger charge is 2.38. The third-order valence-electron chi connectivity index (χ3n) is 7.05. The van der Waals surface area contributed by atoms with Crippen LogP contribution in [0.3, 0.4) is 0 Å². The second kappa shape index (κ2) is 6.58. The summed E-state index contributed by atoms with van der Waals surface area (Å²) in [4.78, 5) is 2.76. The molecule has 21 heavy (non-hydrogen) atoms. The van der Waals surface area contributed by atoms with Gasteiger partial charge in [0.25, 0.3) is 0 Å². The lowest BCUT2D eigenvalue weighted by molar-refractivity contribution is 0.126. The zero-order valence-corrected chi connectivity index (χ0v) is 14.5. The van der Waals surface area contributed by atoms with Crippen molar-refractivity contribution < 1.29 is 0 Å². The second-order valence-corrected chi connectivity index (χ2v) is 8.55. The van der Waals surface area contributed by atoms with E-state index in [1.807, 2.05) is 0 Å². The van der Waals surface area contributed by atoms with E-state index in [1.54, 1.807) is 0 Å². The van der Waals surface area contributed by atoms with Gasteiger partial charge in [0, 0.05) is 24.7 Å². The predicted octanol–water partition coefficient (Wildman–Crippen LogP) is 4.20. The summed E-state index contributed by atoms with van der Waals surface area (Å²) in [5.74, 6) is 0.954. The van der Waals surface area contributed by atoms with Gasteiger partial charge in [-0.2, -0.15) is 0 Å². The van der Waals surface area contributed by atoms with Crippen molar-refractivity contribution in [3.63, 3.8) is 0 Å². The number of rotatable bonds is 4. The molecule has 2 atom stereocenters. The van der Waals surface area contributed by atoms with Gasteiger partial charge < -0.3 is 5.32 Å². The van der Waals surface area contributed by atoms with Gasteiger partial charge in [-0.1, -0.05) is 33.6 Å².